The minimum Gasteiger partial charge on any atom is -0.111 e. The largest absolute Gasteiger partial charge is 0.153 e. The predicted octanol–water partition coefficient (Wildman–Crippen LogP) is 5.13. The van der Waals surface area contributed by atoms with Gasteiger partial charge in [0.05, 0.1) is 0 Å². The van der Waals surface area contributed by atoms with E-state index >= 15 is 0 Å². The molecule has 4 rings (SSSR count). The van der Waals surface area contributed by atoms with Gasteiger partial charge in [-0.25, -0.2) is 0 Å². The molecule has 104 valence electrons. The van der Waals surface area contributed by atoms with E-state index in [4.69, 9.17) is 0 Å². The number of allylic oxidation sites excluding steroid dienone is 3. The van der Waals surface area contributed by atoms with Crippen LogP contribution in [-0.4, -0.2) is 7.28 Å². The van der Waals surface area contributed by atoms with E-state index in [2.05, 4.69) is 84.8 Å². The molecular formula is C21H17B. The Bertz CT molecular complexity index is 873. The molecule has 3 aromatic rings. The number of fused-ring (bicyclic) bond motifs is 1. The lowest BCUT2D eigenvalue weighted by molar-refractivity contribution is 1.55. The van der Waals surface area contributed by atoms with E-state index in [1.165, 1.54) is 33.0 Å². The van der Waals surface area contributed by atoms with Gasteiger partial charge in [-0.05, 0) is 45.4 Å². The van der Waals surface area contributed by atoms with Crippen molar-refractivity contribution in [3.8, 4) is 0 Å². The molecule has 0 unspecified atom stereocenters. The Morgan fingerprint density at radius 1 is 0.682 bits per heavy atom. The summed E-state index contributed by atoms with van der Waals surface area (Å²) < 4.78 is 0. The van der Waals surface area contributed by atoms with E-state index in [0.717, 1.165) is 13.6 Å². The molecule has 0 atom stereocenters. The molecule has 0 amide bonds. The molecule has 0 fully saturated rings. The number of benzene rings is 3. The third kappa shape index (κ3) is 2.51. The Labute approximate surface area is 132 Å². The van der Waals surface area contributed by atoms with Gasteiger partial charge in [-0.2, -0.15) is 0 Å². The fourth-order valence-corrected chi connectivity index (χ4v) is 3.15. The van der Waals surface area contributed by atoms with Gasteiger partial charge in [0.25, 0.3) is 0 Å². The van der Waals surface area contributed by atoms with Gasteiger partial charge in [-0.3, -0.25) is 0 Å². The maximum Gasteiger partial charge on any atom is 0.153 e. The highest BCUT2D eigenvalue weighted by Gasteiger charge is 2.10. The highest BCUT2D eigenvalue weighted by molar-refractivity contribution is 6.48. The summed E-state index contributed by atoms with van der Waals surface area (Å²) in [6.07, 6.45) is 3.47. The number of hydrogen-bond acceptors (Lipinski definition) is 0. The molecule has 1 aliphatic heterocycles. The summed E-state index contributed by atoms with van der Waals surface area (Å²) in [5, 5.41) is 2.62. The maximum absolute atomic E-state index is 2.35. The second-order valence-corrected chi connectivity index (χ2v) is 5.80. The fourth-order valence-electron chi connectivity index (χ4n) is 3.15. The summed E-state index contributed by atoms with van der Waals surface area (Å²) in [5.74, 6) is 2.35. The third-order valence-electron chi connectivity index (χ3n) is 4.34. The van der Waals surface area contributed by atoms with Crippen molar-refractivity contribution in [2.75, 3.05) is 0 Å². The van der Waals surface area contributed by atoms with Crippen molar-refractivity contribution < 1.29 is 0 Å². The van der Waals surface area contributed by atoms with E-state index < -0.39 is 0 Å². The van der Waals surface area contributed by atoms with Crippen LogP contribution in [0.3, 0.4) is 0 Å². The van der Waals surface area contributed by atoms with Crippen molar-refractivity contribution >= 4 is 29.2 Å². The molecule has 0 aliphatic carbocycles. The molecule has 0 spiro atoms. The van der Waals surface area contributed by atoms with Crippen molar-refractivity contribution in [2.45, 2.75) is 6.32 Å². The van der Waals surface area contributed by atoms with Gasteiger partial charge < -0.3 is 0 Å². The quantitative estimate of drug-likeness (QED) is 0.571. The summed E-state index contributed by atoms with van der Waals surface area (Å²) in [7, 11) is 1.11. The van der Waals surface area contributed by atoms with Crippen molar-refractivity contribution in [1.82, 2.24) is 0 Å². The summed E-state index contributed by atoms with van der Waals surface area (Å²) in [5.41, 5.74) is 5.43. The van der Waals surface area contributed by atoms with Crippen LogP contribution in [0.15, 0.2) is 84.8 Å². The monoisotopic (exact) mass is 280 g/mol. The van der Waals surface area contributed by atoms with Crippen LogP contribution in [0.2, 0.25) is 6.32 Å². The van der Waals surface area contributed by atoms with Crippen LogP contribution in [0.25, 0.3) is 21.9 Å². The lowest BCUT2D eigenvalue weighted by atomic mass is 9.65. The molecule has 0 bridgehead atoms. The average Bonchev–Trinajstić information content (AvgIpc) is 2.62. The zero-order valence-corrected chi connectivity index (χ0v) is 12.5. The first kappa shape index (κ1) is 13.2. The Kier molecular flexibility index (Phi) is 3.40. The van der Waals surface area contributed by atoms with E-state index in [1.54, 1.807) is 0 Å². The first-order chi connectivity index (χ1) is 10.9. The van der Waals surface area contributed by atoms with Crippen LogP contribution >= 0.6 is 0 Å². The summed E-state index contributed by atoms with van der Waals surface area (Å²) in [6.45, 7) is 0. The molecule has 0 N–H and O–H groups in total. The van der Waals surface area contributed by atoms with Crippen LogP contribution in [-0.2, 0) is 0 Å². The molecule has 3 aromatic carbocycles. The van der Waals surface area contributed by atoms with Gasteiger partial charge >= 0.3 is 0 Å². The Hall–Kier alpha value is -2.54. The van der Waals surface area contributed by atoms with Crippen LogP contribution in [0.5, 0.6) is 0 Å². The second kappa shape index (κ2) is 5.69. The molecule has 0 saturated carbocycles. The minimum absolute atomic E-state index is 1.11. The average molecular weight is 280 g/mol. The first-order valence-electron chi connectivity index (χ1n) is 7.85. The zero-order valence-electron chi connectivity index (χ0n) is 12.5. The molecule has 22 heavy (non-hydrogen) atoms. The van der Waals surface area contributed by atoms with Gasteiger partial charge in [0.2, 0.25) is 0 Å². The maximum atomic E-state index is 2.35. The molecule has 0 saturated heterocycles. The molecule has 1 aliphatic rings. The normalized spacial score (nSPS) is 14.2. The summed E-state index contributed by atoms with van der Waals surface area (Å²) in [4.78, 5) is 0. The topological polar surface area (TPSA) is 0 Å². The van der Waals surface area contributed by atoms with E-state index in [0.29, 0.717) is 0 Å². The van der Waals surface area contributed by atoms with E-state index in [-0.39, 0.29) is 0 Å². The van der Waals surface area contributed by atoms with Crippen LogP contribution in [0.4, 0.5) is 0 Å². The first-order valence-corrected chi connectivity index (χ1v) is 7.85. The van der Waals surface area contributed by atoms with Crippen LogP contribution < -0.4 is 0 Å². The highest BCUT2D eigenvalue weighted by atomic mass is 14.1. The fraction of sp³-hybridized carbons (Fsp3) is 0.0476. The number of rotatable bonds is 2. The van der Waals surface area contributed by atoms with Crippen LogP contribution in [0, 0.1) is 0 Å². The van der Waals surface area contributed by atoms with Gasteiger partial charge in [0, 0.05) is 0 Å². The predicted molar refractivity (Wildman–Crippen MR) is 98.3 cm³/mol. The molecule has 1 heteroatoms. The lowest BCUT2D eigenvalue weighted by Gasteiger charge is -2.14. The van der Waals surface area contributed by atoms with E-state index in [9.17, 15) is 0 Å². The van der Waals surface area contributed by atoms with Gasteiger partial charge in [-0.15, -0.1) is 5.98 Å². The standard InChI is InChI=1S/C21H17B/c1-2-6-16(7-3-1)20-13-21(15-22-14-20)19-11-10-17-8-4-5-9-18(17)12-19/h1-14,22H,15H2. The summed E-state index contributed by atoms with van der Waals surface area (Å²) in [6, 6.07) is 26.0. The van der Waals surface area contributed by atoms with Gasteiger partial charge in [-0.1, -0.05) is 72.8 Å². The SMILES string of the molecule is B1C=C(c2ccccc2)C=C(c2ccc3ccccc3c2)C1. The molecule has 0 nitrogen and oxygen atoms in total. The highest BCUT2D eigenvalue weighted by Crippen LogP contribution is 2.30. The van der Waals surface area contributed by atoms with Gasteiger partial charge in [0.1, 0.15) is 0 Å². The lowest BCUT2D eigenvalue weighted by Crippen LogP contribution is -1.98. The van der Waals surface area contributed by atoms with Gasteiger partial charge in [0.15, 0.2) is 7.28 Å². The molecule has 0 aromatic heterocycles. The second-order valence-electron chi connectivity index (χ2n) is 5.80. The Morgan fingerprint density at radius 3 is 2.32 bits per heavy atom. The van der Waals surface area contributed by atoms with E-state index in [1.807, 2.05) is 0 Å². The minimum atomic E-state index is 1.11. The smallest absolute Gasteiger partial charge is 0.111 e. The third-order valence-corrected chi connectivity index (χ3v) is 4.34. The molecule has 0 radical (unpaired) electrons. The Balaban J connectivity index is 1.74. The van der Waals surface area contributed by atoms with Crippen molar-refractivity contribution in [3.63, 3.8) is 0 Å². The molecular weight excluding hydrogens is 263 g/mol. The van der Waals surface area contributed by atoms with Crippen molar-refractivity contribution in [3.05, 3.63) is 96.0 Å². The molecule has 1 heterocycles. The number of hydrogen-bond donors (Lipinski definition) is 0. The van der Waals surface area contributed by atoms with Crippen molar-refractivity contribution in [1.29, 1.82) is 0 Å². The van der Waals surface area contributed by atoms with Crippen molar-refractivity contribution in [2.24, 2.45) is 0 Å². The zero-order chi connectivity index (χ0) is 14.8. The van der Waals surface area contributed by atoms with Crippen LogP contribution in [0.1, 0.15) is 11.1 Å². The summed E-state index contributed by atoms with van der Waals surface area (Å²) >= 11 is 0. The Morgan fingerprint density at radius 2 is 1.45 bits per heavy atom.